The van der Waals surface area contributed by atoms with Gasteiger partial charge >= 0.3 is 0 Å². The van der Waals surface area contributed by atoms with Crippen LogP contribution in [0.1, 0.15) is 51.1 Å². The van der Waals surface area contributed by atoms with Gasteiger partial charge in [-0.05, 0) is 44.7 Å². The number of aliphatic hydroxyl groups is 1. The Hall–Kier alpha value is -1.33. The van der Waals surface area contributed by atoms with E-state index in [2.05, 4.69) is 12.2 Å². The molecule has 3 unspecified atom stereocenters. The van der Waals surface area contributed by atoms with E-state index >= 15 is 0 Å². The summed E-state index contributed by atoms with van der Waals surface area (Å²) in [7, 11) is 0. The predicted molar refractivity (Wildman–Crippen MR) is 83.4 cm³/mol. The van der Waals surface area contributed by atoms with Gasteiger partial charge in [-0.3, -0.25) is 4.79 Å². The minimum atomic E-state index is -1.22. The SMILES string of the molecule is Cc1ccc(C(C)(O)CNC(=O)COC2CCCC(C)C2)o1. The van der Waals surface area contributed by atoms with Crippen molar-refractivity contribution < 1.29 is 19.1 Å². The second-order valence-corrected chi connectivity index (χ2v) is 6.67. The number of nitrogens with one attached hydrogen (secondary N) is 1. The molecular weight excluding hydrogens is 282 g/mol. The van der Waals surface area contributed by atoms with E-state index in [4.69, 9.17) is 9.15 Å². The lowest BCUT2D eigenvalue weighted by atomic mass is 9.89. The normalized spacial score (nSPS) is 24.7. The molecule has 1 aliphatic rings. The van der Waals surface area contributed by atoms with Crippen LogP contribution in [-0.2, 0) is 15.1 Å². The van der Waals surface area contributed by atoms with Gasteiger partial charge < -0.3 is 19.6 Å². The first-order chi connectivity index (χ1) is 10.4. The van der Waals surface area contributed by atoms with Gasteiger partial charge in [0.1, 0.15) is 23.7 Å². The lowest BCUT2D eigenvalue weighted by molar-refractivity contribution is -0.130. The maximum absolute atomic E-state index is 11.9. The molecule has 5 nitrogen and oxygen atoms in total. The van der Waals surface area contributed by atoms with Gasteiger partial charge in [0.05, 0.1) is 12.6 Å². The Labute approximate surface area is 132 Å². The number of ether oxygens (including phenoxy) is 1. The molecule has 1 amide bonds. The van der Waals surface area contributed by atoms with Gasteiger partial charge in [-0.25, -0.2) is 0 Å². The number of rotatable bonds is 6. The molecule has 0 aliphatic heterocycles. The van der Waals surface area contributed by atoms with Gasteiger partial charge in [0.25, 0.3) is 0 Å². The molecule has 1 aromatic heterocycles. The van der Waals surface area contributed by atoms with Crippen molar-refractivity contribution in [3.05, 3.63) is 23.7 Å². The highest BCUT2D eigenvalue weighted by atomic mass is 16.5. The van der Waals surface area contributed by atoms with Crippen molar-refractivity contribution in [2.24, 2.45) is 5.92 Å². The van der Waals surface area contributed by atoms with E-state index in [1.165, 1.54) is 12.8 Å². The number of furan rings is 1. The van der Waals surface area contributed by atoms with Crippen LogP contribution in [0.15, 0.2) is 16.5 Å². The smallest absolute Gasteiger partial charge is 0.246 e. The molecule has 5 heteroatoms. The van der Waals surface area contributed by atoms with Crippen LogP contribution in [0.5, 0.6) is 0 Å². The largest absolute Gasteiger partial charge is 0.463 e. The molecule has 0 saturated heterocycles. The average Bonchev–Trinajstić information content (AvgIpc) is 2.91. The average molecular weight is 309 g/mol. The molecule has 0 bridgehead atoms. The van der Waals surface area contributed by atoms with E-state index < -0.39 is 5.60 Å². The quantitative estimate of drug-likeness (QED) is 0.847. The first kappa shape index (κ1) is 17.0. The second-order valence-electron chi connectivity index (χ2n) is 6.67. The Kier molecular flexibility index (Phi) is 5.64. The van der Waals surface area contributed by atoms with E-state index in [1.54, 1.807) is 19.1 Å². The van der Waals surface area contributed by atoms with Crippen molar-refractivity contribution in [1.29, 1.82) is 0 Å². The first-order valence-corrected chi connectivity index (χ1v) is 8.04. The zero-order chi connectivity index (χ0) is 16.2. The molecule has 22 heavy (non-hydrogen) atoms. The van der Waals surface area contributed by atoms with Gasteiger partial charge in [0, 0.05) is 0 Å². The summed E-state index contributed by atoms with van der Waals surface area (Å²) in [4.78, 5) is 11.9. The third kappa shape index (κ3) is 4.85. The molecule has 1 aliphatic carbocycles. The first-order valence-electron chi connectivity index (χ1n) is 8.04. The van der Waals surface area contributed by atoms with Crippen LogP contribution in [0.2, 0.25) is 0 Å². The summed E-state index contributed by atoms with van der Waals surface area (Å²) in [5, 5.41) is 13.1. The zero-order valence-electron chi connectivity index (χ0n) is 13.7. The highest BCUT2D eigenvalue weighted by molar-refractivity contribution is 5.77. The van der Waals surface area contributed by atoms with E-state index in [0.29, 0.717) is 11.7 Å². The number of hydrogen-bond donors (Lipinski definition) is 2. The minimum absolute atomic E-state index is 0.0463. The monoisotopic (exact) mass is 309 g/mol. The molecule has 0 aromatic carbocycles. The summed E-state index contributed by atoms with van der Waals surface area (Å²) in [5.74, 6) is 1.65. The molecule has 0 radical (unpaired) electrons. The van der Waals surface area contributed by atoms with Crippen molar-refractivity contribution in [3.63, 3.8) is 0 Å². The third-order valence-electron chi connectivity index (χ3n) is 4.24. The van der Waals surface area contributed by atoms with Crippen LogP contribution < -0.4 is 5.32 Å². The van der Waals surface area contributed by atoms with Crippen LogP contribution in [0, 0.1) is 12.8 Å². The molecule has 1 fully saturated rings. The van der Waals surface area contributed by atoms with Crippen molar-refractivity contribution in [3.8, 4) is 0 Å². The van der Waals surface area contributed by atoms with Crippen LogP contribution in [0.3, 0.4) is 0 Å². The Morgan fingerprint density at radius 1 is 1.50 bits per heavy atom. The lowest BCUT2D eigenvalue weighted by Crippen LogP contribution is -2.40. The number of carbonyl (C=O) groups excluding carboxylic acids is 1. The van der Waals surface area contributed by atoms with Gasteiger partial charge in [-0.15, -0.1) is 0 Å². The highest BCUT2D eigenvalue weighted by Gasteiger charge is 2.27. The summed E-state index contributed by atoms with van der Waals surface area (Å²) in [6, 6.07) is 3.51. The van der Waals surface area contributed by atoms with Crippen LogP contribution >= 0.6 is 0 Å². The van der Waals surface area contributed by atoms with Crippen LogP contribution in [0.4, 0.5) is 0 Å². The molecule has 2 rings (SSSR count). The topological polar surface area (TPSA) is 71.7 Å². The number of carbonyl (C=O) groups is 1. The van der Waals surface area contributed by atoms with Crippen molar-refractivity contribution in [2.75, 3.05) is 13.2 Å². The van der Waals surface area contributed by atoms with E-state index in [-0.39, 0.29) is 25.2 Å². The number of amides is 1. The summed E-state index contributed by atoms with van der Waals surface area (Å²) in [6.07, 6.45) is 4.65. The van der Waals surface area contributed by atoms with E-state index in [1.807, 2.05) is 6.92 Å². The fourth-order valence-electron chi connectivity index (χ4n) is 2.86. The fraction of sp³-hybridized carbons (Fsp3) is 0.706. The van der Waals surface area contributed by atoms with Gasteiger partial charge in [0.15, 0.2) is 0 Å². The zero-order valence-corrected chi connectivity index (χ0v) is 13.7. The Balaban J connectivity index is 1.73. The Bertz CT molecular complexity index is 495. The second kappa shape index (κ2) is 7.29. The summed E-state index contributed by atoms with van der Waals surface area (Å²) < 4.78 is 11.1. The number of aryl methyl sites for hydroxylation is 1. The third-order valence-corrected chi connectivity index (χ3v) is 4.24. The summed E-state index contributed by atoms with van der Waals surface area (Å²) >= 11 is 0. The fourth-order valence-corrected chi connectivity index (χ4v) is 2.86. The van der Waals surface area contributed by atoms with Gasteiger partial charge in [0.2, 0.25) is 5.91 Å². The number of hydrogen-bond acceptors (Lipinski definition) is 4. The van der Waals surface area contributed by atoms with Crippen LogP contribution in [-0.4, -0.2) is 30.3 Å². The van der Waals surface area contributed by atoms with E-state index in [0.717, 1.165) is 18.6 Å². The summed E-state index contributed by atoms with van der Waals surface area (Å²) in [6.45, 7) is 5.80. The Morgan fingerprint density at radius 2 is 2.27 bits per heavy atom. The molecule has 1 heterocycles. The van der Waals surface area contributed by atoms with Crippen molar-refractivity contribution in [1.82, 2.24) is 5.32 Å². The molecule has 1 saturated carbocycles. The molecular formula is C17H27NO4. The maximum atomic E-state index is 11.9. The minimum Gasteiger partial charge on any atom is -0.463 e. The molecule has 2 N–H and O–H groups in total. The molecule has 124 valence electrons. The van der Waals surface area contributed by atoms with Gasteiger partial charge in [-0.1, -0.05) is 19.8 Å². The standard InChI is InChI=1S/C17H27NO4/c1-12-5-4-6-14(9-12)21-10-16(19)18-11-17(3,20)15-8-7-13(2)22-15/h7-8,12,14,20H,4-6,9-11H2,1-3H3,(H,18,19). The van der Waals surface area contributed by atoms with Crippen LogP contribution in [0.25, 0.3) is 0 Å². The van der Waals surface area contributed by atoms with Gasteiger partial charge in [-0.2, -0.15) is 0 Å². The Morgan fingerprint density at radius 3 is 2.91 bits per heavy atom. The maximum Gasteiger partial charge on any atom is 0.246 e. The van der Waals surface area contributed by atoms with E-state index in [9.17, 15) is 9.90 Å². The predicted octanol–water partition coefficient (Wildman–Crippen LogP) is 2.51. The lowest BCUT2D eigenvalue weighted by Gasteiger charge is -2.27. The highest BCUT2D eigenvalue weighted by Crippen LogP contribution is 2.25. The summed E-state index contributed by atoms with van der Waals surface area (Å²) in [5.41, 5.74) is -1.22. The molecule has 0 spiro atoms. The molecule has 1 aromatic rings. The van der Waals surface area contributed by atoms with Crippen molar-refractivity contribution >= 4 is 5.91 Å². The molecule has 3 atom stereocenters. The van der Waals surface area contributed by atoms with Crippen molar-refractivity contribution in [2.45, 2.75) is 58.2 Å².